The third-order valence-electron chi connectivity index (χ3n) is 4.61. The first-order chi connectivity index (χ1) is 10.1. The van der Waals surface area contributed by atoms with Crippen LogP contribution in [0.3, 0.4) is 0 Å². The lowest BCUT2D eigenvalue weighted by molar-refractivity contribution is -0.146. The van der Waals surface area contributed by atoms with Crippen LogP contribution in [0.2, 0.25) is 0 Å². The van der Waals surface area contributed by atoms with Gasteiger partial charge in [-0.2, -0.15) is 0 Å². The number of benzene rings is 1. The van der Waals surface area contributed by atoms with Gasteiger partial charge < -0.3 is 15.3 Å². The number of rotatable bonds is 7. The molecule has 0 heterocycles. The molecule has 1 aliphatic rings. The Kier molecular flexibility index (Phi) is 5.37. The second kappa shape index (κ2) is 7.05. The lowest BCUT2D eigenvalue weighted by atomic mass is 9.89. The summed E-state index contributed by atoms with van der Waals surface area (Å²) in [5.41, 5.74) is -0.243. The van der Waals surface area contributed by atoms with Gasteiger partial charge in [0.05, 0.1) is 0 Å². The molecule has 4 heteroatoms. The van der Waals surface area contributed by atoms with Crippen molar-refractivity contribution in [2.24, 2.45) is 5.92 Å². The van der Waals surface area contributed by atoms with E-state index in [2.05, 4.69) is 10.2 Å². The van der Waals surface area contributed by atoms with E-state index in [1.165, 1.54) is 25.7 Å². The van der Waals surface area contributed by atoms with Gasteiger partial charge in [0.15, 0.2) is 5.54 Å². The molecule has 1 aromatic rings. The molecule has 0 amide bonds. The van der Waals surface area contributed by atoms with Gasteiger partial charge in [0.25, 0.3) is 0 Å². The second-order valence-corrected chi connectivity index (χ2v) is 6.17. The Bertz CT molecular complexity index is 457. The molecule has 0 aliphatic heterocycles. The summed E-state index contributed by atoms with van der Waals surface area (Å²) in [5.74, 6) is -0.108. The molecule has 1 fully saturated rings. The molecular weight excluding hydrogens is 264 g/mol. The second-order valence-electron chi connectivity index (χ2n) is 6.17. The molecule has 21 heavy (non-hydrogen) atoms. The molecular formula is C17H26N2O2. The predicted octanol–water partition coefficient (Wildman–Crippen LogP) is 2.31. The van der Waals surface area contributed by atoms with Gasteiger partial charge in [-0.25, -0.2) is 4.79 Å². The predicted molar refractivity (Wildman–Crippen MR) is 84.3 cm³/mol. The molecule has 1 aliphatic carbocycles. The van der Waals surface area contributed by atoms with Crippen LogP contribution in [0.1, 0.15) is 31.2 Å². The molecule has 1 aromatic carbocycles. The zero-order valence-corrected chi connectivity index (χ0v) is 13.0. The van der Waals surface area contributed by atoms with Crippen molar-refractivity contribution < 1.29 is 9.90 Å². The maximum absolute atomic E-state index is 11.9. The van der Waals surface area contributed by atoms with Gasteiger partial charge in [0, 0.05) is 13.1 Å². The zero-order valence-electron chi connectivity index (χ0n) is 13.0. The average molecular weight is 290 g/mol. The molecule has 0 spiro atoms. The van der Waals surface area contributed by atoms with Crippen molar-refractivity contribution in [2.75, 3.05) is 27.2 Å². The first kappa shape index (κ1) is 16.0. The highest BCUT2D eigenvalue weighted by atomic mass is 16.4. The summed E-state index contributed by atoms with van der Waals surface area (Å²) in [5, 5.41) is 12.8. The van der Waals surface area contributed by atoms with Gasteiger partial charge >= 0.3 is 5.97 Å². The van der Waals surface area contributed by atoms with Crippen molar-refractivity contribution >= 4 is 5.97 Å². The van der Waals surface area contributed by atoms with Crippen LogP contribution in [0.15, 0.2) is 30.3 Å². The minimum absolute atomic E-state index is 0.472. The van der Waals surface area contributed by atoms with E-state index < -0.39 is 11.5 Å². The van der Waals surface area contributed by atoms with Crippen molar-refractivity contribution in [3.05, 3.63) is 35.9 Å². The van der Waals surface area contributed by atoms with Gasteiger partial charge in [0.2, 0.25) is 0 Å². The lowest BCUT2D eigenvalue weighted by Crippen LogP contribution is -2.55. The van der Waals surface area contributed by atoms with Crippen LogP contribution in [0, 0.1) is 5.92 Å². The minimum atomic E-state index is -1.05. The Labute approximate surface area is 127 Å². The molecule has 1 unspecified atom stereocenters. The Morgan fingerprint density at radius 2 is 1.95 bits per heavy atom. The van der Waals surface area contributed by atoms with Gasteiger partial charge in [-0.05, 0) is 38.4 Å². The summed E-state index contributed by atoms with van der Waals surface area (Å²) in [4.78, 5) is 14.1. The van der Waals surface area contributed by atoms with E-state index in [0.29, 0.717) is 12.5 Å². The summed E-state index contributed by atoms with van der Waals surface area (Å²) in [7, 11) is 3.75. The topological polar surface area (TPSA) is 52.6 Å². The minimum Gasteiger partial charge on any atom is -0.480 e. The molecule has 2 rings (SSSR count). The number of nitrogens with zero attached hydrogens (tertiary/aromatic N) is 1. The first-order valence-electron chi connectivity index (χ1n) is 7.75. The molecule has 1 saturated carbocycles. The van der Waals surface area contributed by atoms with E-state index in [9.17, 15) is 9.90 Å². The highest BCUT2D eigenvalue weighted by Crippen LogP contribution is 2.27. The van der Waals surface area contributed by atoms with Crippen molar-refractivity contribution in [1.29, 1.82) is 0 Å². The number of nitrogens with one attached hydrogen (secondary N) is 1. The fourth-order valence-electron chi connectivity index (χ4n) is 3.44. The highest BCUT2D eigenvalue weighted by Gasteiger charge is 2.40. The Morgan fingerprint density at radius 3 is 2.48 bits per heavy atom. The van der Waals surface area contributed by atoms with Crippen molar-refractivity contribution in [1.82, 2.24) is 10.2 Å². The molecule has 4 nitrogen and oxygen atoms in total. The number of carbonyl (C=O) groups is 1. The molecule has 0 radical (unpaired) electrons. The summed E-state index contributed by atoms with van der Waals surface area (Å²) in [6.07, 6.45) is 5.17. The molecule has 1 atom stereocenters. The van der Waals surface area contributed by atoms with Crippen LogP contribution in [0.5, 0.6) is 0 Å². The van der Waals surface area contributed by atoms with Crippen molar-refractivity contribution in [2.45, 2.75) is 31.2 Å². The van der Waals surface area contributed by atoms with Crippen LogP contribution >= 0.6 is 0 Å². The van der Waals surface area contributed by atoms with E-state index in [1.54, 1.807) is 7.05 Å². The molecule has 0 saturated heterocycles. The molecule has 2 N–H and O–H groups in total. The standard InChI is InChI=1S/C17H26N2O2/c1-18-17(16(20)21,15-10-4-3-5-11-15)13-19(2)12-14-8-6-7-9-14/h3-5,10-11,14,18H,6-9,12-13H2,1-2H3,(H,20,21). The Hall–Kier alpha value is -1.39. The maximum atomic E-state index is 11.9. The van der Waals surface area contributed by atoms with Crippen LogP contribution < -0.4 is 5.32 Å². The van der Waals surface area contributed by atoms with Gasteiger partial charge in [-0.3, -0.25) is 0 Å². The van der Waals surface area contributed by atoms with Crippen LogP contribution in [-0.2, 0) is 10.3 Å². The third-order valence-corrected chi connectivity index (χ3v) is 4.61. The molecule has 0 bridgehead atoms. The van der Waals surface area contributed by atoms with Crippen LogP contribution in [0.25, 0.3) is 0 Å². The van der Waals surface area contributed by atoms with Crippen molar-refractivity contribution in [3.63, 3.8) is 0 Å². The van der Waals surface area contributed by atoms with E-state index in [-0.39, 0.29) is 0 Å². The quantitative estimate of drug-likeness (QED) is 0.809. The average Bonchev–Trinajstić information content (AvgIpc) is 2.98. The Balaban J connectivity index is 2.14. The number of hydrogen-bond acceptors (Lipinski definition) is 3. The number of hydrogen-bond donors (Lipinski definition) is 2. The summed E-state index contributed by atoms with van der Waals surface area (Å²) in [6, 6.07) is 9.46. The fraction of sp³-hybridized carbons (Fsp3) is 0.588. The number of aliphatic carboxylic acids is 1. The summed E-state index contributed by atoms with van der Waals surface area (Å²) < 4.78 is 0. The van der Waals surface area contributed by atoms with Crippen LogP contribution in [-0.4, -0.2) is 43.2 Å². The first-order valence-corrected chi connectivity index (χ1v) is 7.75. The van der Waals surface area contributed by atoms with E-state index in [1.807, 2.05) is 37.4 Å². The third kappa shape index (κ3) is 3.63. The highest BCUT2D eigenvalue weighted by molar-refractivity contribution is 5.81. The number of likely N-dealkylation sites (N-methyl/N-ethyl adjacent to an activating group) is 2. The lowest BCUT2D eigenvalue weighted by Gasteiger charge is -2.34. The van der Waals surface area contributed by atoms with Gasteiger partial charge in [-0.1, -0.05) is 43.2 Å². The zero-order chi connectivity index (χ0) is 15.3. The van der Waals surface area contributed by atoms with Crippen LogP contribution in [0.4, 0.5) is 0 Å². The Morgan fingerprint density at radius 1 is 1.33 bits per heavy atom. The monoisotopic (exact) mass is 290 g/mol. The van der Waals surface area contributed by atoms with E-state index in [4.69, 9.17) is 0 Å². The normalized spacial score (nSPS) is 18.8. The van der Waals surface area contributed by atoms with Gasteiger partial charge in [0.1, 0.15) is 0 Å². The largest absolute Gasteiger partial charge is 0.480 e. The summed E-state index contributed by atoms with van der Waals surface area (Å²) >= 11 is 0. The fourth-order valence-corrected chi connectivity index (χ4v) is 3.44. The number of carboxylic acids is 1. The van der Waals surface area contributed by atoms with Crippen molar-refractivity contribution in [3.8, 4) is 0 Å². The molecule has 0 aromatic heterocycles. The number of carboxylic acid groups (broad SMARTS) is 1. The van der Waals surface area contributed by atoms with E-state index >= 15 is 0 Å². The smallest absolute Gasteiger partial charge is 0.329 e. The summed E-state index contributed by atoms with van der Waals surface area (Å²) in [6.45, 7) is 1.45. The maximum Gasteiger partial charge on any atom is 0.329 e. The SMILES string of the molecule is CNC(CN(C)CC1CCCC1)(C(=O)O)c1ccccc1. The molecule has 116 valence electrons. The van der Waals surface area contributed by atoms with E-state index in [0.717, 1.165) is 12.1 Å². The van der Waals surface area contributed by atoms with Gasteiger partial charge in [-0.15, -0.1) is 0 Å².